The van der Waals surface area contributed by atoms with Crippen molar-refractivity contribution in [3.05, 3.63) is 29.6 Å². The standard InChI is InChI=1S/C18H26FNO/c1-21-18-10-7-13(11-17(18)19)16-6-4-2-3-5-14(16)12-20-15-8-9-15/h7,10-11,14-16,20H,2-6,8-9,12H2,1H3. The summed E-state index contributed by atoms with van der Waals surface area (Å²) in [5.41, 5.74) is 1.15. The van der Waals surface area contributed by atoms with Crippen molar-refractivity contribution in [1.82, 2.24) is 5.32 Å². The molecule has 0 saturated heterocycles. The predicted molar refractivity (Wildman–Crippen MR) is 83.3 cm³/mol. The second kappa shape index (κ2) is 6.78. The van der Waals surface area contributed by atoms with Crippen LogP contribution in [0.5, 0.6) is 5.75 Å². The summed E-state index contributed by atoms with van der Waals surface area (Å²) in [7, 11) is 1.52. The Labute approximate surface area is 127 Å². The minimum atomic E-state index is -0.229. The summed E-state index contributed by atoms with van der Waals surface area (Å²) >= 11 is 0. The van der Waals surface area contributed by atoms with Crippen molar-refractivity contribution >= 4 is 0 Å². The SMILES string of the molecule is COc1ccc(C2CCCCCC2CNC2CC2)cc1F. The van der Waals surface area contributed by atoms with Gasteiger partial charge in [0.15, 0.2) is 11.6 Å². The molecular weight excluding hydrogens is 265 g/mol. The van der Waals surface area contributed by atoms with Gasteiger partial charge in [0.1, 0.15) is 0 Å². The van der Waals surface area contributed by atoms with Crippen LogP contribution in [0.15, 0.2) is 18.2 Å². The lowest BCUT2D eigenvalue weighted by Gasteiger charge is -2.26. The number of rotatable bonds is 5. The van der Waals surface area contributed by atoms with Gasteiger partial charge >= 0.3 is 0 Å². The highest BCUT2D eigenvalue weighted by Gasteiger charge is 2.28. The van der Waals surface area contributed by atoms with E-state index in [9.17, 15) is 4.39 Å². The highest BCUT2D eigenvalue weighted by molar-refractivity contribution is 5.31. The van der Waals surface area contributed by atoms with Gasteiger partial charge in [-0.1, -0.05) is 25.3 Å². The van der Waals surface area contributed by atoms with Gasteiger partial charge in [-0.2, -0.15) is 0 Å². The Kier molecular flexibility index (Phi) is 4.79. The topological polar surface area (TPSA) is 21.3 Å². The summed E-state index contributed by atoms with van der Waals surface area (Å²) in [6.45, 7) is 1.09. The molecule has 2 nitrogen and oxygen atoms in total. The van der Waals surface area contributed by atoms with Crippen molar-refractivity contribution in [2.45, 2.75) is 56.9 Å². The summed E-state index contributed by atoms with van der Waals surface area (Å²) in [5.74, 6) is 1.24. The fourth-order valence-electron chi connectivity index (χ4n) is 3.59. The van der Waals surface area contributed by atoms with Gasteiger partial charge in [-0.05, 0) is 61.8 Å². The smallest absolute Gasteiger partial charge is 0.165 e. The first-order valence-corrected chi connectivity index (χ1v) is 8.34. The summed E-state index contributed by atoms with van der Waals surface area (Å²) in [5, 5.41) is 3.67. The van der Waals surface area contributed by atoms with Gasteiger partial charge in [0.2, 0.25) is 0 Å². The molecule has 0 amide bonds. The molecular formula is C18H26FNO. The molecule has 0 aliphatic heterocycles. The first-order chi connectivity index (χ1) is 10.3. The van der Waals surface area contributed by atoms with Crippen molar-refractivity contribution < 1.29 is 9.13 Å². The summed E-state index contributed by atoms with van der Waals surface area (Å²) < 4.78 is 19.1. The maximum Gasteiger partial charge on any atom is 0.165 e. The molecule has 2 fully saturated rings. The van der Waals surface area contributed by atoms with Gasteiger partial charge < -0.3 is 10.1 Å². The van der Waals surface area contributed by atoms with Gasteiger partial charge in [0, 0.05) is 6.04 Å². The van der Waals surface area contributed by atoms with E-state index in [-0.39, 0.29) is 5.82 Å². The lowest BCUT2D eigenvalue weighted by molar-refractivity contribution is 0.368. The molecule has 1 aromatic rings. The zero-order valence-corrected chi connectivity index (χ0v) is 12.9. The molecule has 2 unspecified atom stereocenters. The quantitative estimate of drug-likeness (QED) is 0.819. The number of ether oxygens (including phenoxy) is 1. The molecule has 0 spiro atoms. The number of methoxy groups -OCH3 is 1. The first-order valence-electron chi connectivity index (χ1n) is 8.34. The summed E-state index contributed by atoms with van der Waals surface area (Å²) in [6, 6.07) is 6.28. The van der Waals surface area contributed by atoms with Crippen LogP contribution in [0.3, 0.4) is 0 Å². The van der Waals surface area contributed by atoms with Crippen LogP contribution in [0.2, 0.25) is 0 Å². The van der Waals surface area contributed by atoms with Gasteiger partial charge in [-0.15, -0.1) is 0 Å². The van der Waals surface area contributed by atoms with Crippen LogP contribution in [0, 0.1) is 11.7 Å². The monoisotopic (exact) mass is 291 g/mol. The highest BCUT2D eigenvalue weighted by atomic mass is 19.1. The van der Waals surface area contributed by atoms with Crippen molar-refractivity contribution in [3.63, 3.8) is 0 Å². The number of hydrogen-bond acceptors (Lipinski definition) is 2. The van der Waals surface area contributed by atoms with E-state index in [1.165, 1.54) is 52.1 Å². The van der Waals surface area contributed by atoms with Gasteiger partial charge in [-0.3, -0.25) is 0 Å². The van der Waals surface area contributed by atoms with E-state index < -0.39 is 0 Å². The maximum absolute atomic E-state index is 14.0. The minimum Gasteiger partial charge on any atom is -0.494 e. The molecule has 2 aliphatic rings. The molecule has 0 bridgehead atoms. The van der Waals surface area contributed by atoms with E-state index in [1.807, 2.05) is 0 Å². The molecule has 3 rings (SSSR count). The molecule has 1 N–H and O–H groups in total. The van der Waals surface area contributed by atoms with E-state index in [0.29, 0.717) is 17.6 Å². The summed E-state index contributed by atoms with van der Waals surface area (Å²) in [4.78, 5) is 0. The van der Waals surface area contributed by atoms with Crippen LogP contribution in [-0.4, -0.2) is 19.7 Å². The second-order valence-corrected chi connectivity index (χ2v) is 6.58. The third-order valence-electron chi connectivity index (χ3n) is 5.01. The Morgan fingerprint density at radius 2 is 1.95 bits per heavy atom. The van der Waals surface area contributed by atoms with Crippen LogP contribution in [0.4, 0.5) is 4.39 Å². The van der Waals surface area contributed by atoms with Crippen LogP contribution >= 0.6 is 0 Å². The van der Waals surface area contributed by atoms with Crippen LogP contribution < -0.4 is 10.1 Å². The zero-order valence-electron chi connectivity index (χ0n) is 12.9. The molecule has 0 heterocycles. The summed E-state index contributed by atoms with van der Waals surface area (Å²) in [6.07, 6.45) is 8.99. The van der Waals surface area contributed by atoms with E-state index in [2.05, 4.69) is 11.4 Å². The van der Waals surface area contributed by atoms with Crippen LogP contribution in [-0.2, 0) is 0 Å². The third kappa shape index (κ3) is 3.76. The number of hydrogen-bond donors (Lipinski definition) is 1. The first kappa shape index (κ1) is 14.8. The van der Waals surface area contributed by atoms with E-state index in [0.717, 1.165) is 18.2 Å². The molecule has 21 heavy (non-hydrogen) atoms. The molecule has 3 heteroatoms. The van der Waals surface area contributed by atoms with E-state index in [1.54, 1.807) is 12.1 Å². The van der Waals surface area contributed by atoms with E-state index in [4.69, 9.17) is 4.74 Å². The normalized spacial score (nSPS) is 26.4. The second-order valence-electron chi connectivity index (χ2n) is 6.58. The zero-order chi connectivity index (χ0) is 14.7. The molecule has 2 atom stereocenters. The molecule has 0 radical (unpaired) electrons. The van der Waals surface area contributed by atoms with Gasteiger partial charge in [0.25, 0.3) is 0 Å². The number of halogens is 1. The molecule has 0 aromatic heterocycles. The maximum atomic E-state index is 14.0. The van der Waals surface area contributed by atoms with Gasteiger partial charge in [-0.25, -0.2) is 4.39 Å². The fraction of sp³-hybridized carbons (Fsp3) is 0.667. The highest BCUT2D eigenvalue weighted by Crippen LogP contribution is 2.38. The van der Waals surface area contributed by atoms with Crippen molar-refractivity contribution in [3.8, 4) is 5.75 Å². The Morgan fingerprint density at radius 3 is 2.67 bits per heavy atom. The third-order valence-corrected chi connectivity index (χ3v) is 5.01. The van der Waals surface area contributed by atoms with Crippen molar-refractivity contribution in [2.75, 3.05) is 13.7 Å². The Balaban J connectivity index is 1.75. The molecule has 2 aliphatic carbocycles. The Bertz CT molecular complexity index is 472. The molecule has 1 aromatic carbocycles. The number of benzene rings is 1. The fourth-order valence-corrected chi connectivity index (χ4v) is 3.59. The minimum absolute atomic E-state index is 0.229. The average molecular weight is 291 g/mol. The molecule has 2 saturated carbocycles. The average Bonchev–Trinajstić information content (AvgIpc) is 3.32. The van der Waals surface area contributed by atoms with Gasteiger partial charge in [0.05, 0.1) is 7.11 Å². The van der Waals surface area contributed by atoms with Crippen molar-refractivity contribution in [2.24, 2.45) is 5.92 Å². The lowest BCUT2D eigenvalue weighted by atomic mass is 9.82. The lowest BCUT2D eigenvalue weighted by Crippen LogP contribution is -2.28. The van der Waals surface area contributed by atoms with E-state index >= 15 is 0 Å². The predicted octanol–water partition coefficient (Wildman–Crippen LogP) is 4.25. The Hall–Kier alpha value is -1.09. The Morgan fingerprint density at radius 1 is 1.14 bits per heavy atom. The number of nitrogens with one attached hydrogen (secondary N) is 1. The largest absolute Gasteiger partial charge is 0.494 e. The van der Waals surface area contributed by atoms with Crippen LogP contribution in [0.25, 0.3) is 0 Å². The van der Waals surface area contributed by atoms with Crippen molar-refractivity contribution in [1.29, 1.82) is 0 Å². The molecule has 116 valence electrons. The van der Waals surface area contributed by atoms with Crippen LogP contribution in [0.1, 0.15) is 56.4 Å².